The molecule has 6 heteroatoms. The number of fused-ring (bicyclic) bond motifs is 1. The lowest BCUT2D eigenvalue weighted by Gasteiger charge is -2.33. The zero-order valence-corrected chi connectivity index (χ0v) is 20.2. The zero-order chi connectivity index (χ0) is 19.8. The van der Waals surface area contributed by atoms with E-state index >= 15 is 0 Å². The van der Waals surface area contributed by atoms with Gasteiger partial charge in [0.25, 0.3) is 0 Å². The van der Waals surface area contributed by atoms with Crippen LogP contribution in [0.4, 0.5) is 0 Å². The highest BCUT2D eigenvalue weighted by molar-refractivity contribution is 14.0. The molecule has 1 fully saturated rings. The molecule has 5 nitrogen and oxygen atoms in total. The molecule has 160 valence electrons. The molecule has 1 heterocycles. The molecule has 3 rings (SSSR count). The lowest BCUT2D eigenvalue weighted by Crippen LogP contribution is -2.49. The summed E-state index contributed by atoms with van der Waals surface area (Å²) in [6.07, 6.45) is 2.59. The van der Waals surface area contributed by atoms with E-state index in [0.29, 0.717) is 12.1 Å². The average Bonchev–Trinajstić information content (AvgIpc) is 2.72. The molecule has 0 atom stereocenters. The minimum atomic E-state index is 0. The van der Waals surface area contributed by atoms with Crippen LogP contribution in [0.3, 0.4) is 0 Å². The smallest absolute Gasteiger partial charge is 0.191 e. The third-order valence-electron chi connectivity index (χ3n) is 5.28. The molecule has 0 aliphatic carbocycles. The van der Waals surface area contributed by atoms with E-state index in [2.05, 4.69) is 76.8 Å². The van der Waals surface area contributed by atoms with Crippen LogP contribution in [0, 0.1) is 0 Å². The molecule has 0 saturated carbocycles. The minimum Gasteiger partial charge on any atom is -0.377 e. The Morgan fingerprint density at radius 3 is 2.55 bits per heavy atom. The van der Waals surface area contributed by atoms with Crippen LogP contribution < -0.4 is 10.6 Å². The van der Waals surface area contributed by atoms with E-state index in [4.69, 9.17) is 4.74 Å². The predicted molar refractivity (Wildman–Crippen MR) is 133 cm³/mol. The van der Waals surface area contributed by atoms with Crippen molar-refractivity contribution in [3.8, 4) is 0 Å². The molecule has 2 N–H and O–H groups in total. The number of halogens is 1. The van der Waals surface area contributed by atoms with Crippen molar-refractivity contribution in [1.29, 1.82) is 0 Å². The van der Waals surface area contributed by atoms with E-state index in [9.17, 15) is 0 Å². The number of aliphatic imine (C=N–C) groups is 1. The van der Waals surface area contributed by atoms with Crippen molar-refractivity contribution in [3.05, 3.63) is 48.0 Å². The summed E-state index contributed by atoms with van der Waals surface area (Å²) in [5.74, 6) is 0.884. The number of hydrogen-bond donors (Lipinski definition) is 2. The van der Waals surface area contributed by atoms with Crippen LogP contribution in [0.15, 0.2) is 47.5 Å². The van der Waals surface area contributed by atoms with Crippen molar-refractivity contribution >= 4 is 40.7 Å². The Morgan fingerprint density at radius 1 is 1.14 bits per heavy atom. The van der Waals surface area contributed by atoms with Crippen LogP contribution >= 0.6 is 24.0 Å². The van der Waals surface area contributed by atoms with Crippen molar-refractivity contribution < 1.29 is 4.74 Å². The second-order valence-corrected chi connectivity index (χ2v) is 7.79. The van der Waals surface area contributed by atoms with Crippen LogP contribution in [0.5, 0.6) is 0 Å². The van der Waals surface area contributed by atoms with Crippen molar-refractivity contribution in [2.45, 2.75) is 45.4 Å². The van der Waals surface area contributed by atoms with Gasteiger partial charge in [-0.3, -0.25) is 4.99 Å². The van der Waals surface area contributed by atoms with E-state index in [0.717, 1.165) is 51.6 Å². The van der Waals surface area contributed by atoms with E-state index < -0.39 is 0 Å². The first-order valence-electron chi connectivity index (χ1n) is 10.4. The highest BCUT2D eigenvalue weighted by Gasteiger charge is 2.19. The van der Waals surface area contributed by atoms with Crippen LogP contribution in [-0.4, -0.2) is 56.3 Å². The predicted octanol–water partition coefficient (Wildman–Crippen LogP) is 4.01. The molecule has 0 spiro atoms. The van der Waals surface area contributed by atoms with Gasteiger partial charge in [0.2, 0.25) is 0 Å². The molecule has 2 aromatic carbocycles. The Labute approximate surface area is 192 Å². The average molecular weight is 510 g/mol. The number of nitrogens with one attached hydrogen (secondary N) is 2. The number of ether oxygens (including phenoxy) is 1. The Balaban J connectivity index is 0.00000300. The van der Waals surface area contributed by atoms with Gasteiger partial charge < -0.3 is 20.3 Å². The molecule has 0 aromatic heterocycles. The Bertz CT molecular complexity index is 772. The maximum absolute atomic E-state index is 5.67. The molecule has 0 amide bonds. The highest BCUT2D eigenvalue weighted by atomic mass is 127. The normalized spacial score (nSPS) is 16.1. The third kappa shape index (κ3) is 7.75. The van der Waals surface area contributed by atoms with Crippen LogP contribution in [0.2, 0.25) is 0 Å². The number of piperidine rings is 1. The first kappa shape index (κ1) is 23.9. The number of guanidine groups is 1. The van der Waals surface area contributed by atoms with Crippen molar-refractivity contribution in [3.63, 3.8) is 0 Å². The first-order chi connectivity index (χ1) is 13.6. The number of benzene rings is 2. The fourth-order valence-corrected chi connectivity index (χ4v) is 3.64. The van der Waals surface area contributed by atoms with Gasteiger partial charge in [-0.15, -0.1) is 24.0 Å². The molecule has 2 aromatic rings. The molecule has 0 bridgehead atoms. The van der Waals surface area contributed by atoms with Crippen molar-refractivity contribution in [2.24, 2.45) is 4.99 Å². The fourth-order valence-electron chi connectivity index (χ4n) is 3.64. The van der Waals surface area contributed by atoms with Crippen LogP contribution in [0.25, 0.3) is 10.8 Å². The minimum absolute atomic E-state index is 0. The molecule has 0 unspecified atom stereocenters. The van der Waals surface area contributed by atoms with Gasteiger partial charge in [-0.1, -0.05) is 36.4 Å². The van der Waals surface area contributed by atoms with Gasteiger partial charge >= 0.3 is 0 Å². The number of nitrogens with zero attached hydrogens (tertiary/aromatic N) is 2. The maximum Gasteiger partial charge on any atom is 0.191 e. The molecular weight excluding hydrogens is 475 g/mol. The summed E-state index contributed by atoms with van der Waals surface area (Å²) in [7, 11) is 1.84. The Morgan fingerprint density at radius 2 is 1.86 bits per heavy atom. The quantitative estimate of drug-likeness (QED) is 0.336. The summed E-state index contributed by atoms with van der Waals surface area (Å²) in [5, 5.41) is 9.60. The number of likely N-dealkylation sites (tertiary alicyclic amines) is 1. The molecule has 1 aliphatic rings. The first-order valence-corrected chi connectivity index (χ1v) is 10.4. The molecule has 29 heavy (non-hydrogen) atoms. The fraction of sp³-hybridized carbons (Fsp3) is 0.522. The van der Waals surface area contributed by atoms with Gasteiger partial charge in [0.15, 0.2) is 5.96 Å². The van der Waals surface area contributed by atoms with Gasteiger partial charge in [0.1, 0.15) is 0 Å². The monoisotopic (exact) mass is 510 g/mol. The van der Waals surface area contributed by atoms with Gasteiger partial charge in [0.05, 0.1) is 12.7 Å². The summed E-state index contributed by atoms with van der Waals surface area (Å²) >= 11 is 0. The Hall–Kier alpha value is -1.38. The van der Waals surface area contributed by atoms with Crippen LogP contribution in [0.1, 0.15) is 32.3 Å². The number of rotatable bonds is 7. The largest absolute Gasteiger partial charge is 0.377 e. The SMILES string of the molecule is CN=C(NCc1ccc2ccccc2c1)NC1CCN(CCOC(C)C)CC1.I. The summed E-state index contributed by atoms with van der Waals surface area (Å²) < 4.78 is 5.67. The van der Waals surface area contributed by atoms with Crippen LogP contribution in [-0.2, 0) is 11.3 Å². The summed E-state index contributed by atoms with van der Waals surface area (Å²) in [5.41, 5.74) is 1.27. The molecular formula is C23H35IN4O. The Kier molecular flexibility index (Phi) is 10.2. The summed E-state index contributed by atoms with van der Waals surface area (Å²) in [6.45, 7) is 9.03. The standard InChI is InChI=1S/C23H34N4O.HI/c1-18(2)28-15-14-27-12-10-22(11-13-27)26-23(24-3)25-17-19-8-9-20-6-4-5-7-21(20)16-19;/h4-9,16,18,22H,10-15,17H2,1-3H3,(H2,24,25,26);1H. The molecule has 1 saturated heterocycles. The van der Waals surface area contributed by atoms with E-state index in [1.165, 1.54) is 16.3 Å². The lowest BCUT2D eigenvalue weighted by molar-refractivity contribution is 0.0532. The molecule has 0 radical (unpaired) electrons. The van der Waals surface area contributed by atoms with Gasteiger partial charge in [-0.2, -0.15) is 0 Å². The summed E-state index contributed by atoms with van der Waals surface area (Å²) in [6, 6.07) is 15.6. The highest BCUT2D eigenvalue weighted by Crippen LogP contribution is 2.15. The second kappa shape index (κ2) is 12.3. The van der Waals surface area contributed by atoms with Gasteiger partial charge in [-0.05, 0) is 49.1 Å². The number of hydrogen-bond acceptors (Lipinski definition) is 3. The van der Waals surface area contributed by atoms with E-state index in [1.807, 2.05) is 7.05 Å². The topological polar surface area (TPSA) is 48.9 Å². The van der Waals surface area contributed by atoms with E-state index in [-0.39, 0.29) is 24.0 Å². The lowest BCUT2D eigenvalue weighted by atomic mass is 10.1. The summed E-state index contributed by atoms with van der Waals surface area (Å²) in [4.78, 5) is 6.90. The van der Waals surface area contributed by atoms with Crippen molar-refractivity contribution in [1.82, 2.24) is 15.5 Å². The van der Waals surface area contributed by atoms with Gasteiger partial charge in [-0.25, -0.2) is 0 Å². The zero-order valence-electron chi connectivity index (χ0n) is 17.9. The van der Waals surface area contributed by atoms with Crippen molar-refractivity contribution in [2.75, 3.05) is 33.3 Å². The second-order valence-electron chi connectivity index (χ2n) is 7.79. The van der Waals surface area contributed by atoms with Gasteiger partial charge in [0, 0.05) is 39.3 Å². The molecule has 1 aliphatic heterocycles. The van der Waals surface area contributed by atoms with E-state index in [1.54, 1.807) is 0 Å². The maximum atomic E-state index is 5.67. The third-order valence-corrected chi connectivity index (χ3v) is 5.28.